The number of carbonyl (C=O) groups excluding carboxylic acids is 2. The molecule has 0 unspecified atom stereocenters. The molecule has 2 N–H and O–H groups in total. The monoisotopic (exact) mass is 527 g/mol. The maximum atomic E-state index is 12.8. The molecular weight excluding hydrogens is 498 g/mol. The van der Waals surface area contributed by atoms with Crippen LogP contribution in [-0.4, -0.2) is 51.1 Å². The molecule has 5 rings (SSSR count). The van der Waals surface area contributed by atoms with Gasteiger partial charge in [-0.3, -0.25) is 9.55 Å². The zero-order valence-corrected chi connectivity index (χ0v) is 21.9. The molecule has 0 bridgehead atoms. The minimum Gasteiger partial charge on any atom is -0.480 e. The molecule has 2 heterocycles. The summed E-state index contributed by atoms with van der Waals surface area (Å²) in [4.78, 5) is 41.8. The fourth-order valence-corrected chi connectivity index (χ4v) is 4.97. The number of alkyl carbamates (subject to hydrolysis) is 1. The van der Waals surface area contributed by atoms with Crippen LogP contribution in [0, 0.1) is 0 Å². The Kier molecular flexibility index (Phi) is 6.82. The van der Waals surface area contributed by atoms with Gasteiger partial charge in [0.1, 0.15) is 18.2 Å². The van der Waals surface area contributed by atoms with Crippen LogP contribution in [0.25, 0.3) is 22.0 Å². The maximum Gasteiger partial charge on any atom is 0.419 e. The van der Waals surface area contributed by atoms with E-state index in [0.29, 0.717) is 16.5 Å². The number of nitrogens with one attached hydrogen (secondary N) is 1. The lowest BCUT2D eigenvalue weighted by Crippen LogP contribution is -2.42. The van der Waals surface area contributed by atoms with Crippen LogP contribution in [-0.2, 0) is 20.7 Å². The van der Waals surface area contributed by atoms with Crippen molar-refractivity contribution in [2.75, 3.05) is 6.61 Å². The third-order valence-electron chi connectivity index (χ3n) is 6.64. The molecule has 0 saturated heterocycles. The second-order valence-corrected chi connectivity index (χ2v) is 10.5. The van der Waals surface area contributed by atoms with Crippen molar-refractivity contribution >= 4 is 29.1 Å². The van der Waals surface area contributed by atoms with E-state index in [2.05, 4.69) is 10.3 Å². The van der Waals surface area contributed by atoms with Gasteiger partial charge in [0.2, 0.25) is 0 Å². The standard InChI is InChI=1S/C30H29N3O6/c1-30(2,3)39-29(37)33-16-18(23-15-31-13-12-26(23)33)14-25(27(34)35)32-28(36)38-17-24-21-10-6-4-8-19(21)20-9-5-7-11-22(20)24/h4-13,15-16,24-25H,14,17H2,1-3H3,(H,32,36)(H,34,35)/t25-/m0/s1. The highest BCUT2D eigenvalue weighted by molar-refractivity contribution is 5.92. The topological polar surface area (TPSA) is 120 Å². The highest BCUT2D eigenvalue weighted by Crippen LogP contribution is 2.44. The Morgan fingerprint density at radius 2 is 1.67 bits per heavy atom. The van der Waals surface area contributed by atoms with Gasteiger partial charge in [0.25, 0.3) is 0 Å². The quantitative estimate of drug-likeness (QED) is 0.347. The minimum atomic E-state index is -1.29. The van der Waals surface area contributed by atoms with Gasteiger partial charge in [-0.25, -0.2) is 14.4 Å². The summed E-state index contributed by atoms with van der Waals surface area (Å²) >= 11 is 0. The van der Waals surface area contributed by atoms with Crippen molar-refractivity contribution in [1.29, 1.82) is 0 Å². The molecule has 0 fully saturated rings. The molecule has 1 aliphatic carbocycles. The van der Waals surface area contributed by atoms with Gasteiger partial charge in [0.15, 0.2) is 0 Å². The van der Waals surface area contributed by atoms with E-state index in [1.54, 1.807) is 33.0 Å². The summed E-state index contributed by atoms with van der Waals surface area (Å²) in [7, 11) is 0. The van der Waals surface area contributed by atoms with Gasteiger partial charge in [-0.2, -0.15) is 0 Å². The second-order valence-electron chi connectivity index (χ2n) is 10.5. The molecule has 2 aromatic heterocycles. The highest BCUT2D eigenvalue weighted by atomic mass is 16.6. The van der Waals surface area contributed by atoms with Crippen molar-refractivity contribution in [3.05, 3.63) is 89.9 Å². The third-order valence-corrected chi connectivity index (χ3v) is 6.64. The zero-order chi connectivity index (χ0) is 27.7. The Balaban J connectivity index is 1.31. The highest BCUT2D eigenvalue weighted by Gasteiger charge is 2.30. The zero-order valence-electron chi connectivity index (χ0n) is 21.9. The average Bonchev–Trinajstić information content (AvgIpc) is 3.42. The Bertz CT molecular complexity index is 1520. The number of fused-ring (bicyclic) bond motifs is 4. The smallest absolute Gasteiger partial charge is 0.419 e. The summed E-state index contributed by atoms with van der Waals surface area (Å²) in [6.45, 7) is 5.35. The molecule has 4 aromatic rings. The normalized spacial score (nSPS) is 13.4. The molecule has 9 heteroatoms. The number of carbonyl (C=O) groups is 3. The average molecular weight is 528 g/mol. The first-order valence-electron chi connectivity index (χ1n) is 12.6. The van der Waals surface area contributed by atoms with Gasteiger partial charge >= 0.3 is 18.2 Å². The molecule has 2 aromatic carbocycles. The Morgan fingerprint density at radius 1 is 1.03 bits per heavy atom. The molecular formula is C30H29N3O6. The number of carboxylic acids is 1. The van der Waals surface area contributed by atoms with Crippen molar-refractivity contribution in [3.8, 4) is 11.1 Å². The van der Waals surface area contributed by atoms with E-state index >= 15 is 0 Å². The van der Waals surface area contributed by atoms with E-state index in [1.165, 1.54) is 17.0 Å². The predicted molar refractivity (Wildman–Crippen MR) is 145 cm³/mol. The van der Waals surface area contributed by atoms with Crippen LogP contribution < -0.4 is 5.32 Å². The second kappa shape index (κ2) is 10.2. The summed E-state index contributed by atoms with van der Waals surface area (Å²) < 4.78 is 12.4. The van der Waals surface area contributed by atoms with E-state index in [-0.39, 0.29) is 18.9 Å². The number of ether oxygens (including phenoxy) is 2. The first-order chi connectivity index (χ1) is 18.6. The summed E-state index contributed by atoms with van der Waals surface area (Å²) in [6.07, 6.45) is 3.10. The number of aliphatic carboxylic acids is 1. The lowest BCUT2D eigenvalue weighted by molar-refractivity contribution is -0.139. The van der Waals surface area contributed by atoms with Gasteiger partial charge in [0.05, 0.1) is 5.52 Å². The number of hydrogen-bond donors (Lipinski definition) is 2. The molecule has 39 heavy (non-hydrogen) atoms. The summed E-state index contributed by atoms with van der Waals surface area (Å²) in [5.74, 6) is -1.38. The Morgan fingerprint density at radius 3 is 2.28 bits per heavy atom. The van der Waals surface area contributed by atoms with Gasteiger partial charge in [-0.15, -0.1) is 0 Å². The van der Waals surface area contributed by atoms with Crippen molar-refractivity contribution in [3.63, 3.8) is 0 Å². The molecule has 0 radical (unpaired) electrons. The third kappa shape index (κ3) is 5.34. The number of benzene rings is 2. The maximum absolute atomic E-state index is 12.8. The number of rotatable bonds is 6. The number of amides is 1. The van der Waals surface area contributed by atoms with Crippen molar-refractivity contribution < 1.29 is 29.0 Å². The van der Waals surface area contributed by atoms with Crippen LogP contribution in [0.15, 0.2) is 73.2 Å². The first kappa shape index (κ1) is 26.0. The summed E-state index contributed by atoms with van der Waals surface area (Å²) in [6, 6.07) is 16.3. The molecule has 1 atom stereocenters. The van der Waals surface area contributed by atoms with Crippen LogP contribution in [0.5, 0.6) is 0 Å². The fourth-order valence-electron chi connectivity index (χ4n) is 4.97. The van der Waals surface area contributed by atoms with Gasteiger partial charge in [-0.05, 0) is 54.7 Å². The molecule has 1 aliphatic rings. The van der Waals surface area contributed by atoms with E-state index in [4.69, 9.17) is 9.47 Å². The molecule has 0 saturated carbocycles. The van der Waals surface area contributed by atoms with Crippen LogP contribution in [0.1, 0.15) is 43.4 Å². The minimum absolute atomic E-state index is 0.0636. The van der Waals surface area contributed by atoms with E-state index < -0.39 is 29.8 Å². The number of aromatic nitrogens is 2. The molecule has 0 spiro atoms. The Labute approximate surface area is 225 Å². The van der Waals surface area contributed by atoms with Crippen molar-refractivity contribution in [2.24, 2.45) is 0 Å². The van der Waals surface area contributed by atoms with Crippen molar-refractivity contribution in [2.45, 2.75) is 44.8 Å². The van der Waals surface area contributed by atoms with Gasteiger partial charge in [0, 0.05) is 36.3 Å². The number of nitrogens with zero attached hydrogens (tertiary/aromatic N) is 2. The summed E-state index contributed by atoms with van der Waals surface area (Å²) in [5.41, 5.74) is 4.65. The molecule has 1 amide bonds. The number of pyridine rings is 1. The van der Waals surface area contributed by atoms with Crippen LogP contribution >= 0.6 is 0 Å². The van der Waals surface area contributed by atoms with E-state index in [1.807, 2.05) is 48.5 Å². The molecule has 9 nitrogen and oxygen atoms in total. The first-order valence-corrected chi connectivity index (χ1v) is 12.6. The van der Waals surface area contributed by atoms with Crippen molar-refractivity contribution in [1.82, 2.24) is 14.9 Å². The van der Waals surface area contributed by atoms with E-state index in [0.717, 1.165) is 22.3 Å². The number of hydrogen-bond acceptors (Lipinski definition) is 6. The largest absolute Gasteiger partial charge is 0.480 e. The van der Waals surface area contributed by atoms with Crippen LogP contribution in [0.2, 0.25) is 0 Å². The van der Waals surface area contributed by atoms with Gasteiger partial charge < -0.3 is 19.9 Å². The van der Waals surface area contributed by atoms with Crippen LogP contribution in [0.4, 0.5) is 9.59 Å². The SMILES string of the molecule is CC(C)(C)OC(=O)n1cc(C[C@H](NC(=O)OCC2c3ccccc3-c3ccccc32)C(=O)O)c2cnccc21. The molecule has 0 aliphatic heterocycles. The lowest BCUT2D eigenvalue weighted by atomic mass is 9.98. The number of carboxylic acid groups (broad SMARTS) is 1. The fraction of sp³-hybridized carbons (Fsp3) is 0.267. The molecule has 200 valence electrons. The summed E-state index contributed by atoms with van der Waals surface area (Å²) in [5, 5.41) is 12.9. The Hall–Kier alpha value is -4.66. The van der Waals surface area contributed by atoms with Gasteiger partial charge in [-0.1, -0.05) is 48.5 Å². The van der Waals surface area contributed by atoms with Crippen LogP contribution in [0.3, 0.4) is 0 Å². The van der Waals surface area contributed by atoms with E-state index in [9.17, 15) is 19.5 Å². The predicted octanol–water partition coefficient (Wildman–Crippen LogP) is 5.35. The lowest BCUT2D eigenvalue weighted by Gasteiger charge is -2.19.